The summed E-state index contributed by atoms with van der Waals surface area (Å²) in [5.41, 5.74) is -0.386. The van der Waals surface area contributed by atoms with Gasteiger partial charge in [0.1, 0.15) is 0 Å². The minimum Gasteiger partial charge on any atom is -0.378 e. The average Bonchev–Trinajstić information content (AvgIpc) is 2.36. The Morgan fingerprint density at radius 3 is 2.26 bits per heavy atom. The predicted molar refractivity (Wildman–Crippen MR) is 78.3 cm³/mol. The van der Waals surface area contributed by atoms with E-state index in [1.165, 1.54) is 0 Å². The summed E-state index contributed by atoms with van der Waals surface area (Å²) in [7, 11) is 1.74. The summed E-state index contributed by atoms with van der Waals surface area (Å²) >= 11 is 0. The predicted octanol–water partition coefficient (Wildman–Crippen LogP) is 2.90. The zero-order valence-corrected chi connectivity index (χ0v) is 13.5. The summed E-state index contributed by atoms with van der Waals surface area (Å²) in [6.45, 7) is 11.5. The first kappa shape index (κ1) is 18.4. The highest BCUT2D eigenvalue weighted by Crippen LogP contribution is 2.22. The van der Waals surface area contributed by atoms with Crippen molar-refractivity contribution in [1.82, 2.24) is 5.32 Å². The molecule has 0 aliphatic carbocycles. The molecule has 4 nitrogen and oxygen atoms in total. The summed E-state index contributed by atoms with van der Waals surface area (Å²) in [4.78, 5) is 11.4. The van der Waals surface area contributed by atoms with E-state index in [0.29, 0.717) is 19.6 Å². The monoisotopic (exact) mass is 273 g/mol. The van der Waals surface area contributed by atoms with E-state index in [0.717, 1.165) is 19.3 Å². The standard InChI is InChI=1S/C15H31NO3/c1-7-15(5,18-6)11-12-19-14(3,4)10-9-13(17)16-8-2/h7-12H2,1-6H3,(H,16,17). The molecule has 0 bridgehead atoms. The van der Waals surface area contributed by atoms with Gasteiger partial charge in [0.05, 0.1) is 17.8 Å². The molecule has 0 aliphatic rings. The second kappa shape index (κ2) is 8.54. The van der Waals surface area contributed by atoms with Crippen LogP contribution in [-0.4, -0.2) is 37.4 Å². The SMILES string of the molecule is CCNC(=O)CCC(C)(C)OCCC(C)(CC)OC. The molecule has 0 rings (SSSR count). The first-order valence-electron chi connectivity index (χ1n) is 7.24. The minimum absolute atomic E-state index is 0.0921. The van der Waals surface area contributed by atoms with Crippen molar-refractivity contribution >= 4 is 5.91 Å². The lowest BCUT2D eigenvalue weighted by Crippen LogP contribution is -2.33. The molecule has 0 saturated carbocycles. The van der Waals surface area contributed by atoms with Crippen LogP contribution < -0.4 is 5.32 Å². The van der Waals surface area contributed by atoms with Crippen molar-refractivity contribution in [3.63, 3.8) is 0 Å². The van der Waals surface area contributed by atoms with Crippen LogP contribution >= 0.6 is 0 Å². The van der Waals surface area contributed by atoms with Gasteiger partial charge in [0.2, 0.25) is 5.91 Å². The number of carbonyl (C=O) groups excluding carboxylic acids is 1. The van der Waals surface area contributed by atoms with Crippen LogP contribution in [0.25, 0.3) is 0 Å². The van der Waals surface area contributed by atoms with Crippen LogP contribution in [0.2, 0.25) is 0 Å². The highest BCUT2D eigenvalue weighted by Gasteiger charge is 2.24. The van der Waals surface area contributed by atoms with E-state index in [9.17, 15) is 4.79 Å². The highest BCUT2D eigenvalue weighted by molar-refractivity contribution is 5.75. The Bertz CT molecular complexity index is 260. The molecule has 0 aromatic carbocycles. The highest BCUT2D eigenvalue weighted by atomic mass is 16.5. The third-order valence-corrected chi connectivity index (χ3v) is 3.69. The molecular weight excluding hydrogens is 242 g/mol. The number of ether oxygens (including phenoxy) is 2. The maximum absolute atomic E-state index is 11.4. The molecule has 1 atom stereocenters. The van der Waals surface area contributed by atoms with Gasteiger partial charge < -0.3 is 14.8 Å². The largest absolute Gasteiger partial charge is 0.378 e. The molecule has 1 N–H and O–H groups in total. The summed E-state index contributed by atoms with van der Waals surface area (Å²) < 4.78 is 11.4. The fourth-order valence-corrected chi connectivity index (χ4v) is 1.74. The third-order valence-electron chi connectivity index (χ3n) is 3.69. The fourth-order valence-electron chi connectivity index (χ4n) is 1.74. The fraction of sp³-hybridized carbons (Fsp3) is 0.933. The van der Waals surface area contributed by atoms with Gasteiger partial charge in [0.15, 0.2) is 0 Å². The van der Waals surface area contributed by atoms with Crippen LogP contribution in [0.4, 0.5) is 0 Å². The molecule has 1 amide bonds. The molecule has 0 aromatic rings. The number of hydrogen-bond donors (Lipinski definition) is 1. The smallest absolute Gasteiger partial charge is 0.220 e. The van der Waals surface area contributed by atoms with Crippen molar-refractivity contribution in [1.29, 1.82) is 0 Å². The lowest BCUT2D eigenvalue weighted by molar-refractivity contribution is -0.123. The van der Waals surface area contributed by atoms with Crippen molar-refractivity contribution in [3.05, 3.63) is 0 Å². The molecule has 0 heterocycles. The van der Waals surface area contributed by atoms with Crippen molar-refractivity contribution in [2.75, 3.05) is 20.3 Å². The summed E-state index contributed by atoms with van der Waals surface area (Å²) in [5, 5.41) is 2.80. The summed E-state index contributed by atoms with van der Waals surface area (Å²) in [6, 6.07) is 0. The molecule has 4 heteroatoms. The van der Waals surface area contributed by atoms with E-state index in [4.69, 9.17) is 9.47 Å². The molecule has 0 radical (unpaired) electrons. The maximum atomic E-state index is 11.4. The number of methoxy groups -OCH3 is 1. The van der Waals surface area contributed by atoms with Crippen molar-refractivity contribution in [2.45, 2.75) is 71.5 Å². The Hall–Kier alpha value is -0.610. The van der Waals surface area contributed by atoms with E-state index in [1.807, 2.05) is 20.8 Å². The zero-order chi connectivity index (χ0) is 14.9. The van der Waals surface area contributed by atoms with Gasteiger partial charge in [-0.25, -0.2) is 0 Å². The Morgan fingerprint density at radius 2 is 1.79 bits per heavy atom. The summed E-state index contributed by atoms with van der Waals surface area (Å²) in [6.07, 6.45) is 3.07. The molecule has 0 fully saturated rings. The van der Waals surface area contributed by atoms with E-state index >= 15 is 0 Å². The molecule has 19 heavy (non-hydrogen) atoms. The van der Waals surface area contributed by atoms with Crippen LogP contribution in [0.5, 0.6) is 0 Å². The van der Waals surface area contributed by atoms with Gasteiger partial charge in [0, 0.05) is 20.1 Å². The van der Waals surface area contributed by atoms with Gasteiger partial charge in [-0.2, -0.15) is 0 Å². The van der Waals surface area contributed by atoms with Gasteiger partial charge in [0.25, 0.3) is 0 Å². The van der Waals surface area contributed by atoms with Gasteiger partial charge >= 0.3 is 0 Å². The second-order valence-electron chi connectivity index (χ2n) is 5.82. The Kier molecular flexibility index (Phi) is 8.26. The Morgan fingerprint density at radius 1 is 1.16 bits per heavy atom. The molecule has 0 spiro atoms. The zero-order valence-electron chi connectivity index (χ0n) is 13.5. The number of hydrogen-bond acceptors (Lipinski definition) is 3. The summed E-state index contributed by atoms with van der Waals surface area (Å²) in [5.74, 6) is 0.0921. The van der Waals surface area contributed by atoms with Crippen molar-refractivity contribution in [2.24, 2.45) is 0 Å². The lowest BCUT2D eigenvalue weighted by Gasteiger charge is -2.30. The first-order chi connectivity index (χ1) is 8.78. The first-order valence-corrected chi connectivity index (χ1v) is 7.24. The molecule has 0 aliphatic heterocycles. The molecule has 1 unspecified atom stereocenters. The Labute approximate surface area is 118 Å². The minimum atomic E-state index is -0.270. The van der Waals surface area contributed by atoms with E-state index < -0.39 is 0 Å². The quantitative estimate of drug-likeness (QED) is 0.666. The van der Waals surface area contributed by atoms with E-state index in [1.54, 1.807) is 7.11 Å². The Balaban J connectivity index is 3.99. The number of amides is 1. The number of rotatable bonds is 10. The van der Waals surface area contributed by atoms with Crippen LogP contribution in [-0.2, 0) is 14.3 Å². The lowest BCUT2D eigenvalue weighted by atomic mass is 9.98. The van der Waals surface area contributed by atoms with Gasteiger partial charge in [-0.1, -0.05) is 6.92 Å². The molecule has 114 valence electrons. The van der Waals surface area contributed by atoms with Crippen LogP contribution in [0.1, 0.15) is 60.3 Å². The maximum Gasteiger partial charge on any atom is 0.220 e. The molecule has 0 saturated heterocycles. The van der Waals surface area contributed by atoms with Gasteiger partial charge in [-0.15, -0.1) is 0 Å². The van der Waals surface area contributed by atoms with Gasteiger partial charge in [-0.05, 0) is 47.0 Å². The van der Waals surface area contributed by atoms with Crippen LogP contribution in [0.3, 0.4) is 0 Å². The normalized spacial score (nSPS) is 15.1. The third kappa shape index (κ3) is 8.22. The van der Waals surface area contributed by atoms with Crippen molar-refractivity contribution in [3.8, 4) is 0 Å². The number of carbonyl (C=O) groups is 1. The molecule has 0 aromatic heterocycles. The van der Waals surface area contributed by atoms with Crippen LogP contribution in [0.15, 0.2) is 0 Å². The van der Waals surface area contributed by atoms with E-state index in [-0.39, 0.29) is 17.1 Å². The van der Waals surface area contributed by atoms with E-state index in [2.05, 4.69) is 19.2 Å². The van der Waals surface area contributed by atoms with Crippen LogP contribution in [0, 0.1) is 0 Å². The topological polar surface area (TPSA) is 47.6 Å². The van der Waals surface area contributed by atoms with Crippen molar-refractivity contribution < 1.29 is 14.3 Å². The number of nitrogens with one attached hydrogen (secondary N) is 1. The average molecular weight is 273 g/mol. The molecular formula is C15H31NO3. The van der Waals surface area contributed by atoms with Gasteiger partial charge in [-0.3, -0.25) is 4.79 Å². The second-order valence-corrected chi connectivity index (χ2v) is 5.82.